The van der Waals surface area contributed by atoms with Crippen molar-refractivity contribution in [3.05, 3.63) is 18.2 Å². The van der Waals surface area contributed by atoms with Crippen molar-refractivity contribution < 1.29 is 29.4 Å². The van der Waals surface area contributed by atoms with Gasteiger partial charge in [0.15, 0.2) is 0 Å². The highest BCUT2D eigenvalue weighted by Gasteiger charge is 2.38. The van der Waals surface area contributed by atoms with Crippen LogP contribution in [0.5, 0.6) is 0 Å². The van der Waals surface area contributed by atoms with E-state index in [1.165, 1.54) is 11.2 Å². The average Bonchev–Trinajstić information content (AvgIpc) is 3.36. The third-order valence-corrected chi connectivity index (χ3v) is 4.97. The van der Waals surface area contributed by atoms with Gasteiger partial charge in [0.2, 0.25) is 11.8 Å². The third kappa shape index (κ3) is 7.47. The molecule has 0 aromatic carbocycles. The molecule has 1 aliphatic rings. The number of aliphatic carboxylic acids is 2. The van der Waals surface area contributed by atoms with Crippen LogP contribution in [-0.2, 0) is 25.6 Å². The van der Waals surface area contributed by atoms with Gasteiger partial charge < -0.3 is 31.1 Å². The summed E-state index contributed by atoms with van der Waals surface area (Å²) in [6.45, 7) is 5.26. The fraction of sp³-hybridized carbons (Fsp3) is 0.632. The van der Waals surface area contributed by atoms with Gasteiger partial charge in [0.05, 0.1) is 12.4 Å². The lowest BCUT2D eigenvalue weighted by atomic mass is 9.98. The summed E-state index contributed by atoms with van der Waals surface area (Å²) in [5.41, 5.74) is 6.64. The van der Waals surface area contributed by atoms with Gasteiger partial charge in [-0.05, 0) is 18.8 Å². The van der Waals surface area contributed by atoms with Crippen molar-refractivity contribution in [3.63, 3.8) is 0 Å². The van der Waals surface area contributed by atoms with Gasteiger partial charge in [-0.3, -0.25) is 14.4 Å². The molecule has 0 radical (unpaired) electrons. The first-order valence-electron chi connectivity index (χ1n) is 9.84. The van der Waals surface area contributed by atoms with Crippen molar-refractivity contribution in [1.82, 2.24) is 20.2 Å². The minimum Gasteiger partial charge on any atom is -0.481 e. The predicted octanol–water partition coefficient (Wildman–Crippen LogP) is -0.0231. The third-order valence-electron chi connectivity index (χ3n) is 4.97. The number of rotatable bonds is 8. The number of nitrogens with zero attached hydrogens (tertiary/aromatic N) is 2. The molecule has 1 aromatic rings. The molecule has 2 rings (SSSR count). The van der Waals surface area contributed by atoms with Crippen LogP contribution in [0.15, 0.2) is 12.5 Å². The molecule has 0 saturated carbocycles. The molecule has 4 atom stereocenters. The van der Waals surface area contributed by atoms with Gasteiger partial charge >= 0.3 is 5.97 Å². The fourth-order valence-corrected chi connectivity index (χ4v) is 3.08. The normalized spacial score (nSPS) is 18.5. The molecule has 2 heterocycles. The number of carboxylic acid groups (broad SMARTS) is 2. The Morgan fingerprint density at radius 2 is 2.00 bits per heavy atom. The number of aromatic amines is 1. The number of hydrogen-bond acceptors (Lipinski definition) is 6. The van der Waals surface area contributed by atoms with Gasteiger partial charge in [-0.25, -0.2) is 9.78 Å². The minimum atomic E-state index is -1.03. The van der Waals surface area contributed by atoms with E-state index in [2.05, 4.69) is 15.3 Å². The molecule has 1 saturated heterocycles. The van der Waals surface area contributed by atoms with Crippen molar-refractivity contribution in [2.45, 2.75) is 64.6 Å². The van der Waals surface area contributed by atoms with E-state index in [0.29, 0.717) is 25.1 Å². The second-order valence-electron chi connectivity index (χ2n) is 7.30. The van der Waals surface area contributed by atoms with E-state index < -0.39 is 41.9 Å². The van der Waals surface area contributed by atoms with Crippen LogP contribution < -0.4 is 11.1 Å². The molecule has 4 unspecified atom stereocenters. The Balaban J connectivity index is 0.00000103. The van der Waals surface area contributed by atoms with Crippen LogP contribution in [0.4, 0.5) is 0 Å². The summed E-state index contributed by atoms with van der Waals surface area (Å²) in [5.74, 6) is -2.72. The van der Waals surface area contributed by atoms with Crippen molar-refractivity contribution in [2.24, 2.45) is 11.7 Å². The molecular formula is C19H31N5O6. The fourth-order valence-electron chi connectivity index (χ4n) is 3.08. The smallest absolute Gasteiger partial charge is 0.326 e. The summed E-state index contributed by atoms with van der Waals surface area (Å²) in [7, 11) is 0. The first kappa shape index (κ1) is 25.1. The lowest BCUT2D eigenvalue weighted by Crippen LogP contribution is -2.56. The quantitative estimate of drug-likeness (QED) is 0.385. The summed E-state index contributed by atoms with van der Waals surface area (Å²) in [5, 5.41) is 19.5. The van der Waals surface area contributed by atoms with Gasteiger partial charge in [-0.15, -0.1) is 0 Å². The molecule has 1 fully saturated rings. The number of H-pyrrole nitrogens is 1. The van der Waals surface area contributed by atoms with Gasteiger partial charge in [-0.1, -0.05) is 20.3 Å². The van der Waals surface area contributed by atoms with Gasteiger partial charge in [-0.2, -0.15) is 0 Å². The lowest BCUT2D eigenvalue weighted by Gasteiger charge is -2.28. The number of hydrogen-bond donors (Lipinski definition) is 5. The zero-order valence-electron chi connectivity index (χ0n) is 17.5. The summed E-state index contributed by atoms with van der Waals surface area (Å²) < 4.78 is 0. The molecule has 0 aliphatic carbocycles. The topological polar surface area (TPSA) is 179 Å². The van der Waals surface area contributed by atoms with Crippen LogP contribution in [0.25, 0.3) is 0 Å². The number of imidazole rings is 1. The monoisotopic (exact) mass is 425 g/mol. The number of nitrogens with one attached hydrogen (secondary N) is 2. The number of aromatic nitrogens is 2. The van der Waals surface area contributed by atoms with E-state index in [-0.39, 0.29) is 12.3 Å². The maximum atomic E-state index is 13.0. The number of amides is 2. The predicted molar refractivity (Wildman–Crippen MR) is 107 cm³/mol. The highest BCUT2D eigenvalue weighted by Crippen LogP contribution is 2.19. The van der Waals surface area contributed by atoms with E-state index in [1.54, 1.807) is 6.20 Å². The Bertz CT molecular complexity index is 719. The van der Waals surface area contributed by atoms with Crippen molar-refractivity contribution in [3.8, 4) is 0 Å². The summed E-state index contributed by atoms with van der Waals surface area (Å²) in [4.78, 5) is 54.0. The van der Waals surface area contributed by atoms with E-state index >= 15 is 0 Å². The van der Waals surface area contributed by atoms with Crippen molar-refractivity contribution in [1.29, 1.82) is 0 Å². The molecule has 11 heteroatoms. The second kappa shape index (κ2) is 11.9. The summed E-state index contributed by atoms with van der Waals surface area (Å²) >= 11 is 0. The molecular weight excluding hydrogens is 394 g/mol. The first-order chi connectivity index (χ1) is 14.1. The largest absolute Gasteiger partial charge is 0.481 e. The molecule has 0 bridgehead atoms. The molecule has 2 amide bonds. The minimum absolute atomic E-state index is 0.0311. The van der Waals surface area contributed by atoms with Gasteiger partial charge in [0, 0.05) is 31.8 Å². The lowest BCUT2D eigenvalue weighted by molar-refractivity contribution is -0.149. The number of likely N-dealkylation sites (tertiary alicyclic amines) is 1. The zero-order valence-corrected chi connectivity index (χ0v) is 17.5. The molecule has 0 spiro atoms. The van der Waals surface area contributed by atoms with Gasteiger partial charge in [0.1, 0.15) is 12.1 Å². The maximum Gasteiger partial charge on any atom is 0.326 e. The Morgan fingerprint density at radius 3 is 2.50 bits per heavy atom. The number of nitrogens with two attached hydrogens (primary N) is 1. The molecule has 30 heavy (non-hydrogen) atoms. The molecule has 1 aromatic heterocycles. The highest BCUT2D eigenvalue weighted by molar-refractivity contribution is 5.92. The summed E-state index contributed by atoms with van der Waals surface area (Å²) in [6, 6.07) is -2.48. The molecule has 6 N–H and O–H groups in total. The molecule has 11 nitrogen and oxygen atoms in total. The van der Waals surface area contributed by atoms with Crippen LogP contribution >= 0.6 is 0 Å². The Hall–Kier alpha value is -2.95. The standard InChI is InChI=1S/C17H27N5O4.C2H4O2/c1-3-10(2)14(18)15(23)21-12(7-11-8-19-9-20-11)16(24)22-6-4-5-13(22)17(25)26;1-2(3)4/h8-10,12-14H,3-7,18H2,1-2H3,(H,19,20)(H,21,23)(H,25,26);1H3,(H,3,4). The second-order valence-corrected chi connectivity index (χ2v) is 7.30. The Labute approximate surface area is 175 Å². The first-order valence-corrected chi connectivity index (χ1v) is 9.84. The molecule has 168 valence electrons. The van der Waals surface area contributed by atoms with E-state index in [9.17, 15) is 19.5 Å². The molecule has 1 aliphatic heterocycles. The van der Waals surface area contributed by atoms with Crippen LogP contribution in [0, 0.1) is 5.92 Å². The average molecular weight is 425 g/mol. The summed E-state index contributed by atoms with van der Waals surface area (Å²) in [6.07, 6.45) is 5.03. The zero-order chi connectivity index (χ0) is 22.8. The Kier molecular flexibility index (Phi) is 9.96. The maximum absolute atomic E-state index is 13.0. The number of carbonyl (C=O) groups is 4. The van der Waals surface area contributed by atoms with Gasteiger partial charge in [0.25, 0.3) is 5.97 Å². The SMILES string of the molecule is CC(=O)O.CCC(C)C(N)C(=O)NC(Cc1cnc[nH]1)C(=O)N1CCCC1C(=O)O. The van der Waals surface area contributed by atoms with Crippen LogP contribution in [0.1, 0.15) is 45.7 Å². The Morgan fingerprint density at radius 1 is 1.37 bits per heavy atom. The van der Waals surface area contributed by atoms with E-state index in [1.807, 2.05) is 13.8 Å². The van der Waals surface area contributed by atoms with Crippen LogP contribution in [0.2, 0.25) is 0 Å². The van der Waals surface area contributed by atoms with E-state index in [4.69, 9.17) is 15.6 Å². The number of carbonyl (C=O) groups excluding carboxylic acids is 2. The van der Waals surface area contributed by atoms with Crippen molar-refractivity contribution in [2.75, 3.05) is 6.54 Å². The highest BCUT2D eigenvalue weighted by atomic mass is 16.4. The van der Waals surface area contributed by atoms with Crippen molar-refractivity contribution >= 4 is 23.8 Å². The van der Waals surface area contributed by atoms with Crippen LogP contribution in [-0.4, -0.2) is 73.5 Å². The number of carboxylic acids is 2. The van der Waals surface area contributed by atoms with Crippen LogP contribution in [0.3, 0.4) is 0 Å². The van der Waals surface area contributed by atoms with E-state index in [0.717, 1.165) is 13.3 Å².